The highest BCUT2D eigenvalue weighted by molar-refractivity contribution is 9.09. The first-order valence-electron chi connectivity index (χ1n) is 3.48. The Kier molecular flexibility index (Phi) is 6.02. The second-order valence-electron chi connectivity index (χ2n) is 2.25. The molecule has 9 heavy (non-hydrogen) atoms. The predicted octanol–water partition coefficient (Wildman–Crippen LogP) is 3.57. The van der Waals surface area contributed by atoms with Gasteiger partial charge in [-0.05, 0) is 19.3 Å². The van der Waals surface area contributed by atoms with E-state index in [1.54, 1.807) is 0 Å². The average molecular weight is 214 g/mol. The van der Waals surface area contributed by atoms with Gasteiger partial charge in [0.1, 0.15) is 0 Å². The van der Waals surface area contributed by atoms with Gasteiger partial charge in [-0.2, -0.15) is 0 Å². The monoisotopic (exact) mass is 212 g/mol. The van der Waals surface area contributed by atoms with Gasteiger partial charge in [0.15, 0.2) is 0 Å². The van der Waals surface area contributed by atoms with Crippen molar-refractivity contribution in [2.45, 2.75) is 43.3 Å². The molecule has 2 atom stereocenters. The molecule has 0 spiro atoms. The molecule has 0 aliphatic carbocycles. The number of halogens is 2. The van der Waals surface area contributed by atoms with Crippen molar-refractivity contribution in [3.05, 3.63) is 0 Å². The molecule has 0 aromatic heterocycles. The van der Waals surface area contributed by atoms with Crippen molar-refractivity contribution in [3.63, 3.8) is 0 Å². The Morgan fingerprint density at radius 3 is 2.22 bits per heavy atom. The first kappa shape index (κ1) is 9.77. The lowest BCUT2D eigenvalue weighted by Gasteiger charge is -2.09. The Hall–Kier alpha value is 0.770. The highest BCUT2D eigenvalue weighted by Gasteiger charge is 2.06. The van der Waals surface area contributed by atoms with Crippen molar-refractivity contribution in [1.82, 2.24) is 0 Å². The van der Waals surface area contributed by atoms with Crippen molar-refractivity contribution in [2.75, 3.05) is 0 Å². The molecule has 0 radical (unpaired) electrons. The Morgan fingerprint density at radius 1 is 1.33 bits per heavy atom. The van der Waals surface area contributed by atoms with Gasteiger partial charge in [-0.25, -0.2) is 0 Å². The van der Waals surface area contributed by atoms with Gasteiger partial charge < -0.3 is 0 Å². The van der Waals surface area contributed by atoms with Crippen LogP contribution in [0.3, 0.4) is 0 Å². The second-order valence-corrected chi connectivity index (χ2v) is 4.16. The Morgan fingerprint density at radius 2 is 1.89 bits per heavy atom. The van der Waals surface area contributed by atoms with E-state index in [2.05, 4.69) is 29.8 Å². The van der Waals surface area contributed by atoms with E-state index in [4.69, 9.17) is 11.6 Å². The quantitative estimate of drug-likeness (QED) is 0.627. The first-order chi connectivity index (χ1) is 4.20. The summed E-state index contributed by atoms with van der Waals surface area (Å²) in [6.07, 6.45) is 3.33. The summed E-state index contributed by atoms with van der Waals surface area (Å²) in [4.78, 5) is 0.611. The fraction of sp³-hybridized carbons (Fsp3) is 1.00. The standard InChI is InChI=1S/C7H14BrCl/c1-3-6(8)5-7(9)4-2/h6-7H,3-5H2,1-2H3. The molecule has 0 N–H and O–H groups in total. The maximum Gasteiger partial charge on any atom is 0.0344 e. The van der Waals surface area contributed by atoms with E-state index in [1.165, 1.54) is 6.42 Å². The van der Waals surface area contributed by atoms with Crippen molar-refractivity contribution in [3.8, 4) is 0 Å². The minimum Gasteiger partial charge on any atom is -0.123 e. The summed E-state index contributed by atoms with van der Waals surface area (Å²) in [5, 5.41) is 0.356. The van der Waals surface area contributed by atoms with E-state index >= 15 is 0 Å². The highest BCUT2D eigenvalue weighted by atomic mass is 79.9. The lowest BCUT2D eigenvalue weighted by Crippen LogP contribution is -2.05. The van der Waals surface area contributed by atoms with Crippen LogP contribution in [0.1, 0.15) is 33.1 Å². The fourth-order valence-electron chi connectivity index (χ4n) is 0.611. The summed E-state index contributed by atoms with van der Waals surface area (Å²) in [6.45, 7) is 4.28. The van der Waals surface area contributed by atoms with Crippen LogP contribution in [0, 0.1) is 0 Å². The number of alkyl halides is 2. The van der Waals surface area contributed by atoms with Crippen LogP contribution in [0.2, 0.25) is 0 Å². The van der Waals surface area contributed by atoms with E-state index in [0.29, 0.717) is 10.2 Å². The van der Waals surface area contributed by atoms with Crippen molar-refractivity contribution < 1.29 is 0 Å². The molecule has 0 aromatic carbocycles. The number of rotatable bonds is 4. The van der Waals surface area contributed by atoms with Crippen LogP contribution in [0.15, 0.2) is 0 Å². The predicted molar refractivity (Wildman–Crippen MR) is 47.6 cm³/mol. The maximum atomic E-state index is 5.91. The Bertz CT molecular complexity index is 57.9. The van der Waals surface area contributed by atoms with Gasteiger partial charge in [-0.15, -0.1) is 11.6 Å². The van der Waals surface area contributed by atoms with Crippen LogP contribution in [-0.2, 0) is 0 Å². The highest BCUT2D eigenvalue weighted by Crippen LogP contribution is 2.17. The molecule has 0 saturated heterocycles. The number of hydrogen-bond acceptors (Lipinski definition) is 0. The van der Waals surface area contributed by atoms with Crippen LogP contribution in [-0.4, -0.2) is 10.2 Å². The average Bonchev–Trinajstić information content (AvgIpc) is 1.87. The normalized spacial score (nSPS) is 17.3. The van der Waals surface area contributed by atoms with Crippen LogP contribution in [0.5, 0.6) is 0 Å². The van der Waals surface area contributed by atoms with Crippen molar-refractivity contribution in [1.29, 1.82) is 0 Å². The van der Waals surface area contributed by atoms with Gasteiger partial charge >= 0.3 is 0 Å². The minimum absolute atomic E-state index is 0.356. The van der Waals surface area contributed by atoms with Gasteiger partial charge in [0.05, 0.1) is 0 Å². The molecule has 0 fully saturated rings. The summed E-state index contributed by atoms with van der Waals surface area (Å²) in [6, 6.07) is 0. The Labute approximate surface area is 71.1 Å². The molecule has 0 bridgehead atoms. The summed E-state index contributed by atoms with van der Waals surface area (Å²) in [5.41, 5.74) is 0. The van der Waals surface area contributed by atoms with Crippen molar-refractivity contribution in [2.24, 2.45) is 0 Å². The molecule has 0 saturated carbocycles. The SMILES string of the molecule is CCC(Cl)CC(Br)CC. The zero-order valence-electron chi connectivity index (χ0n) is 6.03. The van der Waals surface area contributed by atoms with E-state index in [0.717, 1.165) is 12.8 Å². The molecule has 0 aromatic rings. The third-order valence-corrected chi connectivity index (χ3v) is 2.91. The van der Waals surface area contributed by atoms with Crippen LogP contribution < -0.4 is 0 Å². The van der Waals surface area contributed by atoms with Gasteiger partial charge in [0.25, 0.3) is 0 Å². The van der Waals surface area contributed by atoms with Crippen molar-refractivity contribution >= 4 is 27.5 Å². The van der Waals surface area contributed by atoms with E-state index < -0.39 is 0 Å². The first-order valence-corrected chi connectivity index (χ1v) is 4.84. The van der Waals surface area contributed by atoms with Crippen LogP contribution >= 0.6 is 27.5 Å². The smallest absolute Gasteiger partial charge is 0.0344 e. The molecule has 0 nitrogen and oxygen atoms in total. The summed E-state index contributed by atoms with van der Waals surface area (Å²) in [5.74, 6) is 0. The topological polar surface area (TPSA) is 0 Å². The van der Waals surface area contributed by atoms with Gasteiger partial charge in [0.2, 0.25) is 0 Å². The van der Waals surface area contributed by atoms with Crippen LogP contribution in [0.25, 0.3) is 0 Å². The lowest BCUT2D eigenvalue weighted by molar-refractivity contribution is 0.685. The summed E-state index contributed by atoms with van der Waals surface area (Å²) >= 11 is 9.44. The second kappa shape index (κ2) is 5.55. The third kappa shape index (κ3) is 5.23. The molecule has 0 amide bonds. The molecule has 0 heterocycles. The largest absolute Gasteiger partial charge is 0.123 e. The molecule has 2 unspecified atom stereocenters. The zero-order valence-corrected chi connectivity index (χ0v) is 8.37. The molecule has 0 aliphatic heterocycles. The molecule has 0 rings (SSSR count). The minimum atomic E-state index is 0.356. The third-order valence-electron chi connectivity index (χ3n) is 1.40. The fourth-order valence-corrected chi connectivity index (χ4v) is 1.49. The number of hydrogen-bond donors (Lipinski definition) is 0. The molecular weight excluding hydrogens is 199 g/mol. The molecular formula is C7H14BrCl. The Balaban J connectivity index is 3.22. The summed E-state index contributed by atoms with van der Waals surface area (Å²) < 4.78 is 0. The molecule has 2 heteroatoms. The molecule has 0 aliphatic rings. The van der Waals surface area contributed by atoms with E-state index in [-0.39, 0.29) is 0 Å². The van der Waals surface area contributed by atoms with Gasteiger partial charge in [-0.1, -0.05) is 29.8 Å². The van der Waals surface area contributed by atoms with Crippen LogP contribution in [0.4, 0.5) is 0 Å². The van der Waals surface area contributed by atoms with Gasteiger partial charge in [0, 0.05) is 10.2 Å². The van der Waals surface area contributed by atoms with E-state index in [1.807, 2.05) is 0 Å². The van der Waals surface area contributed by atoms with E-state index in [9.17, 15) is 0 Å². The zero-order chi connectivity index (χ0) is 7.28. The maximum absolute atomic E-state index is 5.91. The summed E-state index contributed by atoms with van der Waals surface area (Å²) in [7, 11) is 0. The van der Waals surface area contributed by atoms with Gasteiger partial charge in [-0.3, -0.25) is 0 Å². The molecule has 56 valence electrons. The lowest BCUT2D eigenvalue weighted by atomic mass is 10.2.